The van der Waals surface area contributed by atoms with Gasteiger partial charge in [-0.05, 0) is 64.5 Å². The molecule has 0 bridgehead atoms. The highest BCUT2D eigenvalue weighted by atomic mass is 79.9. The number of ether oxygens (including phenoxy) is 2. The van der Waals surface area contributed by atoms with Gasteiger partial charge < -0.3 is 9.47 Å². The zero-order chi connectivity index (χ0) is 14.8. The molecule has 0 spiro atoms. The summed E-state index contributed by atoms with van der Waals surface area (Å²) < 4.78 is 25.0. The minimum absolute atomic E-state index is 0.287. The van der Waals surface area contributed by atoms with Crippen molar-refractivity contribution in [2.45, 2.75) is 25.4 Å². The van der Waals surface area contributed by atoms with Crippen LogP contribution in [-0.2, 0) is 6.61 Å². The molecule has 4 heteroatoms. The summed E-state index contributed by atoms with van der Waals surface area (Å²) in [6.07, 6.45) is 2.45. The maximum absolute atomic E-state index is 13.1. The van der Waals surface area contributed by atoms with Crippen LogP contribution in [0.3, 0.4) is 0 Å². The predicted molar refractivity (Wildman–Crippen MR) is 83.4 cm³/mol. The van der Waals surface area contributed by atoms with E-state index in [1.165, 1.54) is 30.5 Å². The van der Waals surface area contributed by atoms with Gasteiger partial charge in [0.15, 0.2) is 0 Å². The van der Waals surface area contributed by atoms with E-state index in [9.17, 15) is 4.39 Å². The fourth-order valence-corrected chi connectivity index (χ4v) is 2.91. The van der Waals surface area contributed by atoms with Crippen LogP contribution in [0, 0.1) is 5.82 Å². The van der Waals surface area contributed by atoms with Crippen LogP contribution >= 0.6 is 15.9 Å². The van der Waals surface area contributed by atoms with Crippen molar-refractivity contribution in [1.29, 1.82) is 0 Å². The van der Waals surface area contributed by atoms with E-state index < -0.39 is 0 Å². The van der Waals surface area contributed by atoms with Gasteiger partial charge in [0.25, 0.3) is 0 Å². The van der Waals surface area contributed by atoms with Gasteiger partial charge in [-0.3, -0.25) is 0 Å². The minimum Gasteiger partial charge on any atom is -0.496 e. The van der Waals surface area contributed by atoms with Gasteiger partial charge in [0.1, 0.15) is 23.9 Å². The monoisotopic (exact) mass is 350 g/mol. The van der Waals surface area contributed by atoms with E-state index in [2.05, 4.69) is 22.0 Å². The van der Waals surface area contributed by atoms with Crippen LogP contribution in [0.4, 0.5) is 4.39 Å². The summed E-state index contributed by atoms with van der Waals surface area (Å²) in [5.74, 6) is 1.81. The highest BCUT2D eigenvalue weighted by Gasteiger charge is 2.27. The van der Waals surface area contributed by atoms with Crippen molar-refractivity contribution in [3.8, 4) is 11.5 Å². The molecule has 1 fully saturated rings. The van der Waals surface area contributed by atoms with Crippen LogP contribution in [0.2, 0.25) is 0 Å². The largest absolute Gasteiger partial charge is 0.496 e. The van der Waals surface area contributed by atoms with E-state index in [4.69, 9.17) is 9.47 Å². The standard InChI is InChI=1S/C17H16BrFO2/c1-20-16-4-2-3-13(11-5-6-11)14(16)10-21-17-8-7-12(19)9-15(17)18/h2-4,7-9,11H,5-6,10H2,1H3. The fraction of sp³-hybridized carbons (Fsp3) is 0.294. The third kappa shape index (κ3) is 3.21. The summed E-state index contributed by atoms with van der Waals surface area (Å²) in [4.78, 5) is 0. The molecule has 0 saturated heterocycles. The summed E-state index contributed by atoms with van der Waals surface area (Å²) in [6.45, 7) is 0.417. The first kappa shape index (κ1) is 14.4. The lowest BCUT2D eigenvalue weighted by Crippen LogP contribution is -2.03. The molecule has 110 valence electrons. The maximum Gasteiger partial charge on any atom is 0.134 e. The fourth-order valence-electron chi connectivity index (χ4n) is 2.45. The van der Waals surface area contributed by atoms with Crippen LogP contribution in [0.1, 0.15) is 29.9 Å². The molecule has 1 saturated carbocycles. The molecule has 0 aliphatic heterocycles. The van der Waals surface area contributed by atoms with Crippen molar-refractivity contribution in [1.82, 2.24) is 0 Å². The van der Waals surface area contributed by atoms with Crippen LogP contribution in [0.15, 0.2) is 40.9 Å². The number of hydrogen-bond donors (Lipinski definition) is 0. The SMILES string of the molecule is COc1cccc(C2CC2)c1COc1ccc(F)cc1Br. The van der Waals surface area contributed by atoms with E-state index in [0.717, 1.165) is 11.3 Å². The molecule has 2 aromatic carbocycles. The van der Waals surface area contributed by atoms with Crippen LogP contribution in [-0.4, -0.2) is 7.11 Å². The second kappa shape index (κ2) is 6.06. The van der Waals surface area contributed by atoms with Crippen LogP contribution in [0.5, 0.6) is 11.5 Å². The Morgan fingerprint density at radius 3 is 2.67 bits per heavy atom. The van der Waals surface area contributed by atoms with E-state index in [-0.39, 0.29) is 5.82 Å². The topological polar surface area (TPSA) is 18.5 Å². The Balaban J connectivity index is 1.84. The van der Waals surface area contributed by atoms with Gasteiger partial charge in [0.05, 0.1) is 11.6 Å². The third-order valence-electron chi connectivity index (χ3n) is 3.67. The quantitative estimate of drug-likeness (QED) is 0.750. The number of methoxy groups -OCH3 is 1. The summed E-state index contributed by atoms with van der Waals surface area (Å²) in [7, 11) is 1.67. The molecule has 0 radical (unpaired) electrons. The van der Waals surface area contributed by atoms with Gasteiger partial charge in [-0.1, -0.05) is 12.1 Å². The number of rotatable bonds is 5. The van der Waals surface area contributed by atoms with Crippen molar-refractivity contribution in [3.63, 3.8) is 0 Å². The molecular formula is C17H16BrFO2. The first-order chi connectivity index (χ1) is 10.2. The highest BCUT2D eigenvalue weighted by molar-refractivity contribution is 9.10. The summed E-state index contributed by atoms with van der Waals surface area (Å²) in [6, 6.07) is 10.5. The van der Waals surface area contributed by atoms with Gasteiger partial charge in [-0.25, -0.2) is 4.39 Å². The van der Waals surface area contributed by atoms with E-state index in [1.54, 1.807) is 13.2 Å². The Morgan fingerprint density at radius 2 is 2.00 bits per heavy atom. The Kier molecular flexibility index (Phi) is 4.15. The molecule has 2 aromatic rings. The molecule has 21 heavy (non-hydrogen) atoms. The Morgan fingerprint density at radius 1 is 1.19 bits per heavy atom. The Hall–Kier alpha value is -1.55. The van der Waals surface area contributed by atoms with E-state index in [0.29, 0.717) is 22.7 Å². The van der Waals surface area contributed by atoms with Crippen LogP contribution < -0.4 is 9.47 Å². The number of hydrogen-bond acceptors (Lipinski definition) is 2. The lowest BCUT2D eigenvalue weighted by Gasteiger charge is -2.15. The smallest absolute Gasteiger partial charge is 0.134 e. The predicted octanol–water partition coefficient (Wildman–Crippen LogP) is 5.05. The zero-order valence-corrected chi connectivity index (χ0v) is 13.3. The molecule has 0 atom stereocenters. The molecule has 1 aliphatic carbocycles. The normalized spacial score (nSPS) is 14.0. The Bertz CT molecular complexity index is 653. The summed E-state index contributed by atoms with van der Waals surface area (Å²) in [5, 5.41) is 0. The second-order valence-electron chi connectivity index (χ2n) is 5.17. The van der Waals surface area contributed by atoms with Gasteiger partial charge >= 0.3 is 0 Å². The highest BCUT2D eigenvalue weighted by Crippen LogP contribution is 2.44. The molecule has 0 N–H and O–H groups in total. The molecular weight excluding hydrogens is 335 g/mol. The molecule has 0 unspecified atom stereocenters. The van der Waals surface area contributed by atoms with Crippen molar-refractivity contribution < 1.29 is 13.9 Å². The van der Waals surface area contributed by atoms with Crippen molar-refractivity contribution >= 4 is 15.9 Å². The Labute approximate surface area is 132 Å². The maximum atomic E-state index is 13.1. The molecule has 1 aliphatic rings. The van der Waals surface area contributed by atoms with Gasteiger partial charge in [0, 0.05) is 5.56 Å². The molecule has 3 rings (SSSR count). The number of benzene rings is 2. The van der Waals surface area contributed by atoms with E-state index in [1.807, 2.05) is 12.1 Å². The third-order valence-corrected chi connectivity index (χ3v) is 4.29. The van der Waals surface area contributed by atoms with Crippen molar-refractivity contribution in [2.24, 2.45) is 0 Å². The van der Waals surface area contributed by atoms with Gasteiger partial charge in [0.2, 0.25) is 0 Å². The first-order valence-corrected chi connectivity index (χ1v) is 7.72. The lowest BCUT2D eigenvalue weighted by atomic mass is 10.0. The van der Waals surface area contributed by atoms with Gasteiger partial charge in [-0.15, -0.1) is 0 Å². The zero-order valence-electron chi connectivity index (χ0n) is 11.7. The van der Waals surface area contributed by atoms with Crippen molar-refractivity contribution in [2.75, 3.05) is 7.11 Å². The average Bonchev–Trinajstić information content (AvgIpc) is 3.30. The second-order valence-corrected chi connectivity index (χ2v) is 6.02. The lowest BCUT2D eigenvalue weighted by molar-refractivity contribution is 0.293. The average molecular weight is 351 g/mol. The summed E-state index contributed by atoms with van der Waals surface area (Å²) in [5.41, 5.74) is 2.38. The van der Waals surface area contributed by atoms with E-state index >= 15 is 0 Å². The molecule has 0 aromatic heterocycles. The van der Waals surface area contributed by atoms with Crippen molar-refractivity contribution in [3.05, 3.63) is 57.8 Å². The molecule has 2 nitrogen and oxygen atoms in total. The molecule has 0 amide bonds. The first-order valence-electron chi connectivity index (χ1n) is 6.92. The summed E-state index contributed by atoms with van der Waals surface area (Å²) >= 11 is 3.32. The molecule has 0 heterocycles. The minimum atomic E-state index is -0.287. The van der Waals surface area contributed by atoms with Crippen LogP contribution in [0.25, 0.3) is 0 Å². The van der Waals surface area contributed by atoms with Gasteiger partial charge in [-0.2, -0.15) is 0 Å². The number of halogens is 2.